The normalized spacial score (nSPS) is 10.7. The van der Waals surface area contributed by atoms with E-state index in [1.807, 2.05) is 19.1 Å². The molecule has 2 rings (SSSR count). The molecule has 5 heteroatoms. The smallest absolute Gasteiger partial charge is 0.243 e. The van der Waals surface area contributed by atoms with Crippen LogP contribution in [0.2, 0.25) is 0 Å². The summed E-state index contributed by atoms with van der Waals surface area (Å²) in [4.78, 5) is 15.0. The molecule has 2 aromatic rings. The number of aryl methyl sites for hydroxylation is 2. The first-order chi connectivity index (χ1) is 9.60. The first-order valence-electron chi connectivity index (χ1n) is 6.51. The third-order valence-corrected chi connectivity index (χ3v) is 2.98. The van der Waals surface area contributed by atoms with Gasteiger partial charge >= 0.3 is 0 Å². The quantitative estimate of drug-likeness (QED) is 0.876. The Balaban J connectivity index is 2.11. The molecule has 0 saturated heterocycles. The van der Waals surface area contributed by atoms with Gasteiger partial charge in [0.15, 0.2) is 0 Å². The molecule has 0 bridgehead atoms. The SMILES string of the molecule is CCc1ccc(-c2nc(COCC(N)=O)c(C)o2)cc1. The highest BCUT2D eigenvalue weighted by Gasteiger charge is 2.11. The Kier molecular flexibility index (Phi) is 4.53. The molecule has 106 valence electrons. The van der Waals surface area contributed by atoms with E-state index in [2.05, 4.69) is 24.0 Å². The van der Waals surface area contributed by atoms with Gasteiger partial charge in [-0.3, -0.25) is 4.79 Å². The van der Waals surface area contributed by atoms with Gasteiger partial charge in [0, 0.05) is 5.56 Å². The van der Waals surface area contributed by atoms with Crippen molar-refractivity contribution in [3.63, 3.8) is 0 Å². The largest absolute Gasteiger partial charge is 0.441 e. The van der Waals surface area contributed by atoms with Gasteiger partial charge in [-0.25, -0.2) is 4.98 Å². The van der Waals surface area contributed by atoms with Crippen LogP contribution in [0, 0.1) is 6.92 Å². The third-order valence-electron chi connectivity index (χ3n) is 2.98. The van der Waals surface area contributed by atoms with Crippen LogP contribution in [0.3, 0.4) is 0 Å². The van der Waals surface area contributed by atoms with Gasteiger partial charge in [-0.1, -0.05) is 19.1 Å². The summed E-state index contributed by atoms with van der Waals surface area (Å²) in [5.41, 5.74) is 7.88. The number of nitrogens with two attached hydrogens (primary N) is 1. The van der Waals surface area contributed by atoms with Crippen LogP contribution in [0.4, 0.5) is 0 Å². The first kappa shape index (κ1) is 14.3. The van der Waals surface area contributed by atoms with Gasteiger partial charge in [0.25, 0.3) is 0 Å². The van der Waals surface area contributed by atoms with E-state index >= 15 is 0 Å². The molecule has 0 unspecified atom stereocenters. The summed E-state index contributed by atoms with van der Waals surface area (Å²) in [6, 6.07) is 8.08. The predicted octanol–water partition coefficient (Wildman–Crippen LogP) is 2.21. The maximum atomic E-state index is 10.6. The van der Waals surface area contributed by atoms with E-state index < -0.39 is 5.91 Å². The Morgan fingerprint density at radius 1 is 1.35 bits per heavy atom. The van der Waals surface area contributed by atoms with Gasteiger partial charge < -0.3 is 14.9 Å². The van der Waals surface area contributed by atoms with Crippen molar-refractivity contribution < 1.29 is 13.9 Å². The van der Waals surface area contributed by atoms with Gasteiger partial charge in [-0.15, -0.1) is 0 Å². The zero-order valence-electron chi connectivity index (χ0n) is 11.7. The zero-order valence-corrected chi connectivity index (χ0v) is 11.7. The second-order valence-corrected chi connectivity index (χ2v) is 4.53. The highest BCUT2D eigenvalue weighted by Crippen LogP contribution is 2.22. The van der Waals surface area contributed by atoms with Crippen LogP contribution in [-0.4, -0.2) is 17.5 Å². The minimum atomic E-state index is -0.499. The number of rotatable bonds is 6. The number of primary amides is 1. The molecule has 0 saturated carbocycles. The van der Waals surface area contributed by atoms with E-state index in [1.165, 1.54) is 5.56 Å². The van der Waals surface area contributed by atoms with Crippen LogP contribution >= 0.6 is 0 Å². The summed E-state index contributed by atoms with van der Waals surface area (Å²) in [5.74, 6) is 0.744. The van der Waals surface area contributed by atoms with Crippen LogP contribution in [0.1, 0.15) is 23.9 Å². The minimum absolute atomic E-state index is 0.118. The lowest BCUT2D eigenvalue weighted by Crippen LogP contribution is -2.18. The fraction of sp³-hybridized carbons (Fsp3) is 0.333. The lowest BCUT2D eigenvalue weighted by Gasteiger charge is -1.98. The number of hydrogen-bond donors (Lipinski definition) is 1. The fourth-order valence-electron chi connectivity index (χ4n) is 1.82. The molecule has 20 heavy (non-hydrogen) atoms. The molecule has 0 spiro atoms. The number of carbonyl (C=O) groups excluding carboxylic acids is 1. The van der Waals surface area contributed by atoms with Crippen LogP contribution in [-0.2, 0) is 22.6 Å². The number of hydrogen-bond acceptors (Lipinski definition) is 4. The summed E-state index contributed by atoms with van der Waals surface area (Å²) < 4.78 is 10.8. The molecular weight excluding hydrogens is 256 g/mol. The Morgan fingerprint density at radius 2 is 2.05 bits per heavy atom. The molecule has 1 aromatic carbocycles. The topological polar surface area (TPSA) is 78.4 Å². The fourth-order valence-corrected chi connectivity index (χ4v) is 1.82. The number of oxazole rings is 1. The molecule has 1 aromatic heterocycles. The van der Waals surface area contributed by atoms with Crippen LogP contribution in [0.25, 0.3) is 11.5 Å². The second-order valence-electron chi connectivity index (χ2n) is 4.53. The monoisotopic (exact) mass is 274 g/mol. The molecule has 0 fully saturated rings. The molecule has 2 N–H and O–H groups in total. The summed E-state index contributed by atoms with van der Waals surface area (Å²) in [6.07, 6.45) is 0.997. The van der Waals surface area contributed by atoms with E-state index in [4.69, 9.17) is 14.9 Å². The van der Waals surface area contributed by atoms with Gasteiger partial charge in [-0.05, 0) is 31.0 Å². The molecule has 0 radical (unpaired) electrons. The highest BCUT2D eigenvalue weighted by atomic mass is 16.5. The molecule has 1 heterocycles. The third kappa shape index (κ3) is 3.45. The van der Waals surface area contributed by atoms with Gasteiger partial charge in [-0.2, -0.15) is 0 Å². The first-order valence-corrected chi connectivity index (χ1v) is 6.51. The van der Waals surface area contributed by atoms with Crippen molar-refractivity contribution in [1.82, 2.24) is 4.98 Å². The molecule has 0 atom stereocenters. The van der Waals surface area contributed by atoms with Crippen LogP contribution in [0.15, 0.2) is 28.7 Å². The lowest BCUT2D eigenvalue weighted by molar-refractivity contribution is -0.122. The van der Waals surface area contributed by atoms with Crippen molar-refractivity contribution in [2.75, 3.05) is 6.61 Å². The van der Waals surface area contributed by atoms with Crippen molar-refractivity contribution in [2.45, 2.75) is 26.9 Å². The number of benzene rings is 1. The van der Waals surface area contributed by atoms with E-state index in [0.29, 0.717) is 17.3 Å². The molecule has 0 aliphatic heterocycles. The molecular formula is C15H18N2O3. The number of carbonyl (C=O) groups is 1. The molecule has 1 amide bonds. The summed E-state index contributed by atoms with van der Waals surface area (Å²) in [5, 5.41) is 0. The maximum Gasteiger partial charge on any atom is 0.243 e. The van der Waals surface area contributed by atoms with E-state index in [9.17, 15) is 4.79 Å². The van der Waals surface area contributed by atoms with Crippen molar-refractivity contribution >= 4 is 5.91 Å². The number of aromatic nitrogens is 1. The zero-order chi connectivity index (χ0) is 14.5. The molecule has 0 aliphatic carbocycles. The number of ether oxygens (including phenoxy) is 1. The number of amides is 1. The predicted molar refractivity (Wildman–Crippen MR) is 74.9 cm³/mol. The van der Waals surface area contributed by atoms with Crippen molar-refractivity contribution in [2.24, 2.45) is 5.73 Å². The van der Waals surface area contributed by atoms with Crippen molar-refractivity contribution in [3.05, 3.63) is 41.3 Å². The van der Waals surface area contributed by atoms with E-state index in [0.717, 1.165) is 12.0 Å². The summed E-state index contributed by atoms with van der Waals surface area (Å²) >= 11 is 0. The van der Waals surface area contributed by atoms with E-state index in [-0.39, 0.29) is 13.2 Å². The lowest BCUT2D eigenvalue weighted by atomic mass is 10.1. The molecule has 5 nitrogen and oxygen atoms in total. The van der Waals surface area contributed by atoms with Crippen LogP contribution < -0.4 is 5.73 Å². The summed E-state index contributed by atoms with van der Waals surface area (Å²) in [7, 11) is 0. The highest BCUT2D eigenvalue weighted by molar-refractivity contribution is 5.74. The Morgan fingerprint density at radius 3 is 2.65 bits per heavy atom. The maximum absolute atomic E-state index is 10.6. The van der Waals surface area contributed by atoms with E-state index in [1.54, 1.807) is 0 Å². The van der Waals surface area contributed by atoms with Crippen molar-refractivity contribution in [3.8, 4) is 11.5 Å². The Labute approximate surface area is 117 Å². The number of nitrogens with zero attached hydrogens (tertiary/aromatic N) is 1. The Bertz CT molecular complexity index is 588. The summed E-state index contributed by atoms with van der Waals surface area (Å²) in [6.45, 7) is 4.02. The van der Waals surface area contributed by atoms with Gasteiger partial charge in [0.2, 0.25) is 11.8 Å². The van der Waals surface area contributed by atoms with Gasteiger partial charge in [0.05, 0.1) is 6.61 Å². The van der Waals surface area contributed by atoms with Crippen molar-refractivity contribution in [1.29, 1.82) is 0 Å². The minimum Gasteiger partial charge on any atom is -0.441 e. The Hall–Kier alpha value is -2.14. The van der Waals surface area contributed by atoms with Crippen LogP contribution in [0.5, 0.6) is 0 Å². The average molecular weight is 274 g/mol. The second kappa shape index (κ2) is 6.34. The molecule has 0 aliphatic rings. The van der Waals surface area contributed by atoms with Gasteiger partial charge in [0.1, 0.15) is 18.1 Å². The standard InChI is InChI=1S/C15H18N2O3/c1-3-11-4-6-12(7-5-11)15-17-13(10(2)20-15)8-19-9-14(16)18/h4-7H,3,8-9H2,1-2H3,(H2,16,18). The average Bonchev–Trinajstić information content (AvgIpc) is 2.80.